The van der Waals surface area contributed by atoms with Crippen molar-refractivity contribution in [2.24, 2.45) is 7.05 Å². The lowest BCUT2D eigenvalue weighted by Gasteiger charge is -2.14. The first-order valence-electron chi connectivity index (χ1n) is 6.63. The summed E-state index contributed by atoms with van der Waals surface area (Å²) in [5.74, 6) is -1.02. The van der Waals surface area contributed by atoms with Gasteiger partial charge in [-0.05, 0) is 20.3 Å². The minimum atomic E-state index is -1.02. The van der Waals surface area contributed by atoms with E-state index in [1.807, 2.05) is 27.8 Å². The summed E-state index contributed by atoms with van der Waals surface area (Å²) in [6, 6.07) is -1.33. The molecular weight excluding hydrogens is 260 g/mol. The molecule has 3 N–H and O–H groups in total. The lowest BCUT2D eigenvalue weighted by atomic mass is 10.2. The fraction of sp³-hybridized carbons (Fsp3) is 0.615. The highest BCUT2D eigenvalue weighted by atomic mass is 16.4. The highest BCUT2D eigenvalue weighted by Crippen LogP contribution is 2.11. The Labute approximate surface area is 118 Å². The number of carbonyl (C=O) groups excluding carboxylic acids is 1. The molecule has 7 heteroatoms. The van der Waals surface area contributed by atoms with Gasteiger partial charge in [0.15, 0.2) is 0 Å². The van der Waals surface area contributed by atoms with Crippen molar-refractivity contribution in [1.29, 1.82) is 0 Å². The molecule has 0 spiro atoms. The number of carboxylic acids is 1. The summed E-state index contributed by atoms with van der Waals surface area (Å²) in [4.78, 5) is 22.7. The molecule has 1 rings (SSSR count). The third-order valence-corrected chi connectivity index (χ3v) is 3.27. The molecule has 1 aromatic rings. The van der Waals surface area contributed by atoms with Crippen molar-refractivity contribution in [3.63, 3.8) is 0 Å². The van der Waals surface area contributed by atoms with E-state index in [-0.39, 0.29) is 0 Å². The zero-order chi connectivity index (χ0) is 15.3. The third-order valence-electron chi connectivity index (χ3n) is 3.27. The second kappa shape index (κ2) is 6.93. The number of rotatable bonds is 6. The number of amides is 2. The number of carboxylic acid groups (broad SMARTS) is 1. The molecule has 2 amide bonds. The Kier molecular flexibility index (Phi) is 5.54. The van der Waals surface area contributed by atoms with Crippen LogP contribution in [0.2, 0.25) is 0 Å². The number of hydrogen-bond donors (Lipinski definition) is 3. The van der Waals surface area contributed by atoms with Crippen LogP contribution in [0.25, 0.3) is 0 Å². The first-order valence-corrected chi connectivity index (χ1v) is 6.63. The summed E-state index contributed by atoms with van der Waals surface area (Å²) in [5, 5.41) is 18.4. The molecule has 0 saturated carbocycles. The predicted molar refractivity (Wildman–Crippen MR) is 74.4 cm³/mol. The Hall–Kier alpha value is -2.05. The lowest BCUT2D eigenvalue weighted by molar-refractivity contribution is -0.139. The number of urea groups is 1. The van der Waals surface area contributed by atoms with Gasteiger partial charge >= 0.3 is 12.0 Å². The fourth-order valence-electron chi connectivity index (χ4n) is 2.00. The lowest BCUT2D eigenvalue weighted by Crippen LogP contribution is -2.45. The van der Waals surface area contributed by atoms with Crippen molar-refractivity contribution >= 4 is 12.0 Å². The molecule has 0 fully saturated rings. The van der Waals surface area contributed by atoms with Crippen LogP contribution in [0, 0.1) is 13.8 Å². The first-order chi connectivity index (χ1) is 9.36. The van der Waals surface area contributed by atoms with Gasteiger partial charge < -0.3 is 15.7 Å². The summed E-state index contributed by atoms with van der Waals surface area (Å²) in [6.45, 7) is 6.00. The maximum atomic E-state index is 11.7. The summed E-state index contributed by atoms with van der Waals surface area (Å²) >= 11 is 0. The van der Waals surface area contributed by atoms with Crippen molar-refractivity contribution < 1.29 is 14.7 Å². The molecule has 7 nitrogen and oxygen atoms in total. The second-order valence-electron chi connectivity index (χ2n) is 4.78. The number of carbonyl (C=O) groups is 2. The largest absolute Gasteiger partial charge is 0.480 e. The van der Waals surface area contributed by atoms with Crippen LogP contribution >= 0.6 is 0 Å². The molecule has 0 bridgehead atoms. The van der Waals surface area contributed by atoms with Crippen LogP contribution < -0.4 is 10.6 Å². The Balaban J connectivity index is 2.56. The minimum absolute atomic E-state index is 0.329. The molecule has 0 aromatic carbocycles. The van der Waals surface area contributed by atoms with Crippen LogP contribution in [0.1, 0.15) is 36.7 Å². The van der Waals surface area contributed by atoms with Crippen molar-refractivity contribution in [3.8, 4) is 0 Å². The van der Waals surface area contributed by atoms with Crippen molar-refractivity contribution in [3.05, 3.63) is 17.0 Å². The van der Waals surface area contributed by atoms with E-state index in [1.165, 1.54) is 0 Å². The average Bonchev–Trinajstić information content (AvgIpc) is 2.60. The predicted octanol–water partition coefficient (Wildman–Crippen LogP) is 1.09. The van der Waals surface area contributed by atoms with E-state index in [4.69, 9.17) is 5.11 Å². The Bertz CT molecular complexity index is 496. The summed E-state index contributed by atoms with van der Waals surface area (Å²) in [6.07, 6.45) is 1.10. The van der Waals surface area contributed by atoms with Crippen LogP contribution in [0.15, 0.2) is 0 Å². The third kappa shape index (κ3) is 3.97. The van der Waals surface area contributed by atoms with Crippen LogP contribution in [-0.4, -0.2) is 32.9 Å². The SMILES string of the molecule is CCCC(NC(=O)NCc1c(C)nn(C)c1C)C(=O)O. The van der Waals surface area contributed by atoms with Gasteiger partial charge in [-0.1, -0.05) is 13.3 Å². The van der Waals surface area contributed by atoms with Crippen LogP contribution in [0.5, 0.6) is 0 Å². The number of nitrogens with zero attached hydrogens (tertiary/aromatic N) is 2. The van der Waals surface area contributed by atoms with Gasteiger partial charge in [0, 0.05) is 24.8 Å². The highest BCUT2D eigenvalue weighted by molar-refractivity contribution is 5.82. The summed E-state index contributed by atoms with van der Waals surface area (Å²) in [5.41, 5.74) is 2.78. The fourth-order valence-corrected chi connectivity index (χ4v) is 2.00. The van der Waals surface area contributed by atoms with Gasteiger partial charge in [-0.15, -0.1) is 0 Å². The van der Waals surface area contributed by atoms with E-state index < -0.39 is 18.0 Å². The smallest absolute Gasteiger partial charge is 0.326 e. The highest BCUT2D eigenvalue weighted by Gasteiger charge is 2.19. The second-order valence-corrected chi connectivity index (χ2v) is 4.78. The zero-order valence-corrected chi connectivity index (χ0v) is 12.4. The van der Waals surface area contributed by atoms with Gasteiger partial charge in [0.2, 0.25) is 0 Å². The molecule has 1 aromatic heterocycles. The minimum Gasteiger partial charge on any atom is -0.480 e. The molecule has 0 saturated heterocycles. The van der Waals surface area contributed by atoms with E-state index in [2.05, 4.69) is 15.7 Å². The zero-order valence-electron chi connectivity index (χ0n) is 12.4. The molecule has 1 heterocycles. The van der Waals surface area contributed by atoms with E-state index in [0.29, 0.717) is 19.4 Å². The molecule has 0 aliphatic carbocycles. The number of aromatic nitrogens is 2. The molecule has 1 atom stereocenters. The monoisotopic (exact) mass is 282 g/mol. The number of aliphatic carboxylic acids is 1. The van der Waals surface area contributed by atoms with E-state index in [1.54, 1.807) is 4.68 Å². The Morgan fingerprint density at radius 2 is 2.05 bits per heavy atom. The Morgan fingerprint density at radius 3 is 2.50 bits per heavy atom. The molecular formula is C13H22N4O3. The molecule has 0 aliphatic heterocycles. The van der Waals surface area contributed by atoms with Crippen molar-refractivity contribution in [1.82, 2.24) is 20.4 Å². The maximum absolute atomic E-state index is 11.7. The van der Waals surface area contributed by atoms with E-state index in [9.17, 15) is 9.59 Å². The summed E-state index contributed by atoms with van der Waals surface area (Å²) in [7, 11) is 1.84. The van der Waals surface area contributed by atoms with Gasteiger partial charge in [0.05, 0.1) is 5.69 Å². The molecule has 0 radical (unpaired) electrons. The normalized spacial score (nSPS) is 12.0. The number of aryl methyl sites for hydroxylation is 2. The van der Waals surface area contributed by atoms with Crippen LogP contribution in [0.3, 0.4) is 0 Å². The van der Waals surface area contributed by atoms with Gasteiger partial charge in [-0.25, -0.2) is 9.59 Å². The molecule has 112 valence electrons. The average molecular weight is 282 g/mol. The van der Waals surface area contributed by atoms with Gasteiger partial charge in [0.25, 0.3) is 0 Å². The molecule has 1 unspecified atom stereocenters. The van der Waals surface area contributed by atoms with Gasteiger partial charge in [0.1, 0.15) is 6.04 Å². The standard InChI is InChI=1S/C13H22N4O3/c1-5-6-11(12(18)19)15-13(20)14-7-10-8(2)16-17(4)9(10)3/h11H,5-7H2,1-4H3,(H,18,19)(H2,14,15,20). The van der Waals surface area contributed by atoms with Gasteiger partial charge in [-0.3, -0.25) is 4.68 Å². The Morgan fingerprint density at radius 1 is 1.40 bits per heavy atom. The van der Waals surface area contributed by atoms with Crippen molar-refractivity contribution in [2.75, 3.05) is 0 Å². The van der Waals surface area contributed by atoms with Crippen LogP contribution in [0.4, 0.5) is 4.79 Å². The maximum Gasteiger partial charge on any atom is 0.326 e. The van der Waals surface area contributed by atoms with Crippen molar-refractivity contribution in [2.45, 2.75) is 46.2 Å². The number of hydrogen-bond acceptors (Lipinski definition) is 3. The van der Waals surface area contributed by atoms with E-state index >= 15 is 0 Å². The topological polar surface area (TPSA) is 96.3 Å². The quantitative estimate of drug-likeness (QED) is 0.727. The number of nitrogens with one attached hydrogen (secondary N) is 2. The van der Waals surface area contributed by atoms with Crippen LogP contribution in [-0.2, 0) is 18.4 Å². The summed E-state index contributed by atoms with van der Waals surface area (Å²) < 4.78 is 1.75. The molecule has 0 aliphatic rings. The first kappa shape index (κ1) is 16.0. The van der Waals surface area contributed by atoms with E-state index in [0.717, 1.165) is 17.0 Å². The molecule has 20 heavy (non-hydrogen) atoms. The van der Waals surface area contributed by atoms with Gasteiger partial charge in [-0.2, -0.15) is 5.10 Å².